The summed E-state index contributed by atoms with van der Waals surface area (Å²) >= 11 is 7.58. The summed E-state index contributed by atoms with van der Waals surface area (Å²) in [5.74, 6) is -1.28. The number of carbonyl (C=O) groups is 1. The number of nitrogens with one attached hydrogen (secondary N) is 2. The number of halogens is 2. The van der Waals surface area contributed by atoms with Crippen molar-refractivity contribution >= 4 is 56.0 Å². The molecular weight excluding hydrogens is 539 g/mol. The van der Waals surface area contributed by atoms with E-state index in [1.807, 2.05) is 30.3 Å². The minimum atomic E-state index is -0.856. The van der Waals surface area contributed by atoms with Crippen LogP contribution in [0.15, 0.2) is 42.7 Å². The van der Waals surface area contributed by atoms with Gasteiger partial charge in [0, 0.05) is 16.9 Å². The molecule has 2 bridgehead atoms. The number of aromatic amines is 1. The molecule has 4 atom stereocenters. The van der Waals surface area contributed by atoms with E-state index in [0.717, 1.165) is 35.8 Å². The van der Waals surface area contributed by atoms with Crippen LogP contribution in [0.3, 0.4) is 0 Å². The normalized spacial score (nSPS) is 22.8. The number of hydrogen-bond donors (Lipinski definition) is 3. The van der Waals surface area contributed by atoms with Gasteiger partial charge in [-0.25, -0.2) is 24.3 Å². The number of carboxylic acids is 1. The van der Waals surface area contributed by atoms with Crippen molar-refractivity contribution in [2.24, 2.45) is 17.8 Å². The van der Waals surface area contributed by atoms with E-state index in [1.165, 1.54) is 17.5 Å². The van der Waals surface area contributed by atoms with E-state index in [1.54, 1.807) is 6.20 Å². The van der Waals surface area contributed by atoms with E-state index in [-0.39, 0.29) is 28.4 Å². The lowest BCUT2D eigenvalue weighted by molar-refractivity contribution is -0.145. The molecule has 1 aromatic carbocycles. The summed E-state index contributed by atoms with van der Waals surface area (Å²) < 4.78 is 17.3. The van der Waals surface area contributed by atoms with Crippen molar-refractivity contribution in [2.45, 2.75) is 38.1 Å². The number of rotatable bonds is 5. The Morgan fingerprint density at radius 1 is 1.18 bits per heavy atom. The first-order valence-electron chi connectivity index (χ1n) is 13.0. The fraction of sp³-hybridized carbons (Fsp3) is 0.321. The fourth-order valence-electron chi connectivity index (χ4n) is 6.30. The van der Waals surface area contributed by atoms with Gasteiger partial charge >= 0.3 is 5.97 Å². The Hall–Kier alpha value is -3.63. The van der Waals surface area contributed by atoms with Gasteiger partial charge in [-0.05, 0) is 48.6 Å². The maximum absolute atomic E-state index is 16.3. The number of benzene rings is 1. The molecule has 2 saturated carbocycles. The number of thiophene rings is 1. The zero-order valence-electron chi connectivity index (χ0n) is 20.7. The van der Waals surface area contributed by atoms with E-state index in [0.29, 0.717) is 33.9 Å². The molecule has 0 aliphatic heterocycles. The molecule has 4 aromatic heterocycles. The lowest BCUT2D eigenvalue weighted by atomic mass is 9.65. The summed E-state index contributed by atoms with van der Waals surface area (Å²) in [5.41, 5.74) is 1.66. The van der Waals surface area contributed by atoms with Crippen LogP contribution in [0.1, 0.15) is 32.1 Å². The summed E-state index contributed by atoms with van der Waals surface area (Å²) in [6.45, 7) is 0. The Bertz CT molecular complexity index is 1710. The van der Waals surface area contributed by atoms with Gasteiger partial charge in [0.15, 0.2) is 23.1 Å². The number of anilines is 1. The third-order valence-corrected chi connectivity index (χ3v) is 9.38. The number of carboxylic acid groups (broad SMARTS) is 1. The highest BCUT2D eigenvalue weighted by Gasteiger charge is 2.43. The molecule has 4 heterocycles. The number of nitrogens with zero attached hydrogens (tertiary/aromatic N) is 4. The van der Waals surface area contributed by atoms with Crippen LogP contribution < -0.4 is 5.32 Å². The van der Waals surface area contributed by atoms with Crippen molar-refractivity contribution in [2.75, 3.05) is 5.32 Å². The fourth-order valence-corrected chi connectivity index (χ4v) is 7.48. The van der Waals surface area contributed by atoms with E-state index in [2.05, 4.69) is 30.2 Å². The predicted molar refractivity (Wildman–Crippen MR) is 149 cm³/mol. The Morgan fingerprint density at radius 2 is 2.05 bits per heavy atom. The first kappa shape index (κ1) is 24.4. The molecule has 2 aliphatic rings. The molecule has 11 heteroatoms. The molecule has 198 valence electrons. The second-order valence-electron chi connectivity index (χ2n) is 10.4. The van der Waals surface area contributed by atoms with E-state index >= 15 is 4.39 Å². The van der Waals surface area contributed by atoms with Crippen LogP contribution in [0.2, 0.25) is 5.15 Å². The molecule has 39 heavy (non-hydrogen) atoms. The summed E-state index contributed by atoms with van der Waals surface area (Å²) in [6.07, 6.45) is 7.68. The van der Waals surface area contributed by atoms with Crippen LogP contribution in [0.5, 0.6) is 0 Å². The number of H-pyrrole nitrogens is 1. The van der Waals surface area contributed by atoms with Gasteiger partial charge in [-0.2, -0.15) is 0 Å². The standard InChI is InChI=1S/C28H24ClFN6O2S/c29-20-12-32-27-23(33-20)17(11-31-27)25-35-24(19-10-14-5-1-2-7-18(14)39-19)21(30)26(36-25)34-22-15-6-3-4-13(8-15)9-16(22)28(37)38/h1-2,5,7,10-13,15-16,22H,3-4,6,8-9H2,(H,31,32)(H,37,38)(H,34,35,36). The quantitative estimate of drug-likeness (QED) is 0.216. The molecular formula is C28H24ClFN6O2S. The van der Waals surface area contributed by atoms with Crippen molar-refractivity contribution in [1.82, 2.24) is 24.9 Å². The van der Waals surface area contributed by atoms with Crippen molar-refractivity contribution < 1.29 is 14.3 Å². The highest BCUT2D eigenvalue weighted by atomic mass is 35.5. The predicted octanol–water partition coefficient (Wildman–Crippen LogP) is 6.78. The van der Waals surface area contributed by atoms with E-state index in [4.69, 9.17) is 11.6 Å². The van der Waals surface area contributed by atoms with Gasteiger partial charge in [-0.3, -0.25) is 4.79 Å². The molecule has 4 unspecified atom stereocenters. The second-order valence-corrected chi connectivity index (χ2v) is 11.9. The number of fused-ring (bicyclic) bond motifs is 4. The molecule has 3 N–H and O–H groups in total. The first-order valence-corrected chi connectivity index (χ1v) is 14.2. The van der Waals surface area contributed by atoms with Crippen LogP contribution in [0.25, 0.3) is 43.2 Å². The van der Waals surface area contributed by atoms with Crippen LogP contribution in [-0.4, -0.2) is 42.0 Å². The summed E-state index contributed by atoms with van der Waals surface area (Å²) in [5, 5.41) is 14.5. The minimum Gasteiger partial charge on any atom is -0.481 e. The van der Waals surface area contributed by atoms with E-state index < -0.39 is 23.7 Å². The van der Waals surface area contributed by atoms with Crippen LogP contribution in [0.4, 0.5) is 10.2 Å². The average molecular weight is 563 g/mol. The third-order valence-electron chi connectivity index (χ3n) is 8.08. The molecule has 0 amide bonds. The highest BCUT2D eigenvalue weighted by molar-refractivity contribution is 7.22. The Balaban J connectivity index is 1.39. The number of aliphatic carboxylic acids is 1. The van der Waals surface area contributed by atoms with Crippen LogP contribution >= 0.6 is 22.9 Å². The maximum atomic E-state index is 16.3. The van der Waals surface area contributed by atoms with Gasteiger partial charge in [0.2, 0.25) is 0 Å². The van der Waals surface area contributed by atoms with Gasteiger partial charge in [-0.15, -0.1) is 11.3 Å². The largest absolute Gasteiger partial charge is 0.481 e. The molecule has 0 radical (unpaired) electrons. The minimum absolute atomic E-state index is 0.00272. The van der Waals surface area contributed by atoms with Crippen molar-refractivity contribution in [1.29, 1.82) is 0 Å². The van der Waals surface area contributed by atoms with Crippen molar-refractivity contribution in [3.8, 4) is 22.0 Å². The van der Waals surface area contributed by atoms with Crippen molar-refractivity contribution in [3.63, 3.8) is 0 Å². The third kappa shape index (κ3) is 4.31. The lowest BCUT2D eigenvalue weighted by Crippen LogP contribution is -2.47. The molecule has 2 fully saturated rings. The number of aromatic nitrogens is 5. The zero-order chi connectivity index (χ0) is 26.7. The molecule has 0 saturated heterocycles. The van der Waals surface area contributed by atoms with Crippen LogP contribution in [-0.2, 0) is 4.79 Å². The lowest BCUT2D eigenvalue weighted by Gasteiger charge is -2.44. The van der Waals surface area contributed by atoms with Crippen molar-refractivity contribution in [3.05, 3.63) is 53.7 Å². The highest BCUT2D eigenvalue weighted by Crippen LogP contribution is 2.45. The Labute approximate surface area is 231 Å². The summed E-state index contributed by atoms with van der Waals surface area (Å²) in [4.78, 5) is 34.0. The molecule has 7 rings (SSSR count). The molecule has 5 aromatic rings. The second kappa shape index (κ2) is 9.53. The zero-order valence-corrected chi connectivity index (χ0v) is 22.3. The monoisotopic (exact) mass is 562 g/mol. The molecule has 2 aliphatic carbocycles. The van der Waals surface area contributed by atoms with Gasteiger partial charge in [-0.1, -0.05) is 42.6 Å². The topological polar surface area (TPSA) is 117 Å². The number of hydrogen-bond acceptors (Lipinski definition) is 7. The van der Waals surface area contributed by atoms with Gasteiger partial charge in [0.05, 0.1) is 22.6 Å². The SMILES string of the molecule is O=C(O)C1CC2CCCC(C2)C1Nc1nc(-c2c[nH]c3ncc(Cl)nc23)nc(-c2cc3ccccc3s2)c1F. The summed E-state index contributed by atoms with van der Waals surface area (Å²) in [6, 6.07) is 9.33. The first-order chi connectivity index (χ1) is 18.9. The van der Waals surface area contributed by atoms with Gasteiger partial charge < -0.3 is 15.4 Å². The van der Waals surface area contributed by atoms with Gasteiger partial charge in [0.1, 0.15) is 16.4 Å². The summed E-state index contributed by atoms with van der Waals surface area (Å²) in [7, 11) is 0. The van der Waals surface area contributed by atoms with Crippen LogP contribution in [0, 0.1) is 23.6 Å². The molecule has 8 nitrogen and oxygen atoms in total. The van der Waals surface area contributed by atoms with E-state index in [9.17, 15) is 9.90 Å². The smallest absolute Gasteiger partial charge is 0.308 e. The maximum Gasteiger partial charge on any atom is 0.308 e. The Morgan fingerprint density at radius 3 is 2.90 bits per heavy atom. The van der Waals surface area contributed by atoms with Gasteiger partial charge in [0.25, 0.3) is 0 Å². The average Bonchev–Trinajstić information content (AvgIpc) is 3.55. The Kier molecular flexibility index (Phi) is 5.97. The molecule has 0 spiro atoms.